The van der Waals surface area contributed by atoms with Crippen molar-refractivity contribution >= 4 is 17.7 Å². The summed E-state index contributed by atoms with van der Waals surface area (Å²) < 4.78 is 0. The molecule has 0 saturated carbocycles. The van der Waals surface area contributed by atoms with Crippen LogP contribution >= 0.6 is 0 Å². The van der Waals surface area contributed by atoms with E-state index in [0.717, 1.165) is 0 Å². The molecule has 114 valence electrons. The minimum absolute atomic E-state index is 0.0129. The van der Waals surface area contributed by atoms with Crippen LogP contribution in [0.25, 0.3) is 0 Å². The molecule has 9 heteroatoms. The number of aliphatic hydroxyl groups is 1. The third kappa shape index (κ3) is 5.45. The standard InChI is InChI=1S/C12H15N3O6/c16-5-4-10(11(17)18)14-12(19)13-7-8-2-1-3-9(6-8)15(20)21/h1-3,6,10,16H,4-5,7H2,(H,17,18)(H2,13,14,19)/t10-/m1/s1. The third-order valence-corrected chi connectivity index (χ3v) is 2.60. The minimum atomic E-state index is -1.26. The van der Waals surface area contributed by atoms with E-state index in [9.17, 15) is 19.7 Å². The molecule has 0 heterocycles. The number of carboxylic acid groups (broad SMARTS) is 1. The molecule has 0 aromatic heterocycles. The molecule has 21 heavy (non-hydrogen) atoms. The zero-order valence-corrected chi connectivity index (χ0v) is 11.0. The van der Waals surface area contributed by atoms with Gasteiger partial charge < -0.3 is 20.8 Å². The molecule has 0 aliphatic carbocycles. The number of benzene rings is 1. The average Bonchev–Trinajstić information content (AvgIpc) is 2.45. The number of urea groups is 1. The highest BCUT2D eigenvalue weighted by Crippen LogP contribution is 2.12. The number of non-ortho nitro benzene ring substituents is 1. The maximum atomic E-state index is 11.5. The Morgan fingerprint density at radius 2 is 2.10 bits per heavy atom. The maximum Gasteiger partial charge on any atom is 0.326 e. The second-order valence-corrected chi connectivity index (χ2v) is 4.16. The fourth-order valence-corrected chi connectivity index (χ4v) is 1.56. The molecule has 0 aliphatic heterocycles. The van der Waals surface area contributed by atoms with Crippen LogP contribution in [-0.4, -0.2) is 39.8 Å². The highest BCUT2D eigenvalue weighted by atomic mass is 16.6. The quantitative estimate of drug-likeness (QED) is 0.419. The van der Waals surface area contributed by atoms with Crippen molar-refractivity contribution in [3.8, 4) is 0 Å². The number of aliphatic hydroxyl groups excluding tert-OH is 1. The lowest BCUT2D eigenvalue weighted by Crippen LogP contribution is -2.46. The molecule has 9 nitrogen and oxygen atoms in total. The Morgan fingerprint density at radius 1 is 1.38 bits per heavy atom. The van der Waals surface area contributed by atoms with E-state index in [4.69, 9.17) is 10.2 Å². The number of nitrogens with one attached hydrogen (secondary N) is 2. The first kappa shape index (κ1) is 16.4. The first-order chi connectivity index (χ1) is 9.93. The predicted molar refractivity (Wildman–Crippen MR) is 71.6 cm³/mol. The van der Waals surface area contributed by atoms with Crippen molar-refractivity contribution in [1.82, 2.24) is 10.6 Å². The van der Waals surface area contributed by atoms with Gasteiger partial charge in [0.25, 0.3) is 5.69 Å². The number of rotatable bonds is 7. The number of nitro benzene ring substituents is 1. The van der Waals surface area contributed by atoms with Crippen LogP contribution < -0.4 is 10.6 Å². The van der Waals surface area contributed by atoms with E-state index in [0.29, 0.717) is 5.56 Å². The molecule has 0 unspecified atom stereocenters. The SMILES string of the molecule is O=C(NCc1cccc([N+](=O)[O-])c1)N[C@H](CCO)C(=O)O. The van der Waals surface area contributed by atoms with E-state index in [1.807, 2.05) is 0 Å². The second-order valence-electron chi connectivity index (χ2n) is 4.16. The summed E-state index contributed by atoms with van der Waals surface area (Å²) in [6.45, 7) is -0.360. The van der Waals surface area contributed by atoms with Crippen molar-refractivity contribution in [2.75, 3.05) is 6.61 Å². The van der Waals surface area contributed by atoms with Crippen LogP contribution in [0.5, 0.6) is 0 Å². The molecule has 0 bridgehead atoms. The van der Waals surface area contributed by atoms with Crippen molar-refractivity contribution in [2.45, 2.75) is 19.0 Å². The molecule has 0 spiro atoms. The molecule has 0 saturated heterocycles. The molecule has 1 rings (SSSR count). The summed E-state index contributed by atoms with van der Waals surface area (Å²) in [4.78, 5) is 32.4. The number of carboxylic acids is 1. The Kier molecular flexibility index (Phi) is 6.08. The smallest absolute Gasteiger partial charge is 0.326 e. The largest absolute Gasteiger partial charge is 0.480 e. The highest BCUT2D eigenvalue weighted by molar-refractivity contribution is 5.82. The first-order valence-corrected chi connectivity index (χ1v) is 6.05. The summed E-state index contributed by atoms with van der Waals surface area (Å²) in [6, 6.07) is 3.78. The van der Waals surface area contributed by atoms with Crippen LogP contribution in [0.15, 0.2) is 24.3 Å². The Labute approximate surface area is 119 Å². The van der Waals surface area contributed by atoms with Crippen LogP contribution in [0.3, 0.4) is 0 Å². The monoisotopic (exact) mass is 297 g/mol. The average molecular weight is 297 g/mol. The van der Waals surface area contributed by atoms with Crippen LogP contribution in [0.1, 0.15) is 12.0 Å². The van der Waals surface area contributed by atoms with E-state index in [-0.39, 0.29) is 25.3 Å². The summed E-state index contributed by atoms with van der Waals surface area (Å²) in [5.41, 5.74) is 0.409. The Hall–Kier alpha value is -2.68. The third-order valence-electron chi connectivity index (χ3n) is 2.60. The molecule has 0 fully saturated rings. The van der Waals surface area contributed by atoms with Crippen molar-refractivity contribution in [1.29, 1.82) is 0 Å². The van der Waals surface area contributed by atoms with Gasteiger partial charge in [0, 0.05) is 31.7 Å². The topological polar surface area (TPSA) is 142 Å². The van der Waals surface area contributed by atoms with Gasteiger partial charge in [0.05, 0.1) is 4.92 Å². The van der Waals surface area contributed by atoms with Gasteiger partial charge in [-0.15, -0.1) is 0 Å². The zero-order chi connectivity index (χ0) is 15.8. The predicted octanol–water partition coefficient (Wildman–Crippen LogP) is 0.230. The maximum absolute atomic E-state index is 11.5. The van der Waals surface area contributed by atoms with Crippen molar-refractivity contribution in [2.24, 2.45) is 0 Å². The molecular weight excluding hydrogens is 282 g/mol. The number of carbonyl (C=O) groups excluding carboxylic acids is 1. The molecule has 1 aromatic carbocycles. The number of hydrogen-bond acceptors (Lipinski definition) is 5. The van der Waals surface area contributed by atoms with Gasteiger partial charge in [-0.1, -0.05) is 12.1 Å². The fourth-order valence-electron chi connectivity index (χ4n) is 1.56. The lowest BCUT2D eigenvalue weighted by Gasteiger charge is -2.14. The number of nitrogens with zero attached hydrogens (tertiary/aromatic N) is 1. The number of amides is 2. The van der Waals surface area contributed by atoms with E-state index in [1.54, 1.807) is 6.07 Å². The highest BCUT2D eigenvalue weighted by Gasteiger charge is 2.18. The summed E-state index contributed by atoms with van der Waals surface area (Å²) in [5, 5.41) is 32.7. The van der Waals surface area contributed by atoms with Crippen LogP contribution in [-0.2, 0) is 11.3 Å². The van der Waals surface area contributed by atoms with E-state index >= 15 is 0 Å². The Balaban J connectivity index is 2.54. The van der Waals surface area contributed by atoms with Gasteiger partial charge in [-0.25, -0.2) is 9.59 Å². The molecular formula is C12H15N3O6. The summed E-state index contributed by atoms with van der Waals surface area (Å²) in [7, 11) is 0. The summed E-state index contributed by atoms with van der Waals surface area (Å²) >= 11 is 0. The number of nitro groups is 1. The lowest BCUT2D eigenvalue weighted by atomic mass is 10.2. The van der Waals surface area contributed by atoms with Gasteiger partial charge in [-0.05, 0) is 5.56 Å². The van der Waals surface area contributed by atoms with Gasteiger partial charge in [-0.2, -0.15) is 0 Å². The van der Waals surface area contributed by atoms with E-state index in [2.05, 4.69) is 10.6 Å². The summed E-state index contributed by atoms with van der Waals surface area (Å²) in [5.74, 6) is -1.26. The number of aliphatic carboxylic acids is 1. The molecule has 1 aromatic rings. The van der Waals surface area contributed by atoms with Crippen molar-refractivity contribution in [3.63, 3.8) is 0 Å². The molecule has 2 amide bonds. The van der Waals surface area contributed by atoms with Crippen LogP contribution in [0.4, 0.5) is 10.5 Å². The van der Waals surface area contributed by atoms with Gasteiger partial charge in [0.2, 0.25) is 0 Å². The van der Waals surface area contributed by atoms with Crippen LogP contribution in [0.2, 0.25) is 0 Å². The Bertz CT molecular complexity index is 533. The second kappa shape index (κ2) is 7.80. The molecule has 0 aliphatic rings. The minimum Gasteiger partial charge on any atom is -0.480 e. The first-order valence-electron chi connectivity index (χ1n) is 6.05. The number of hydrogen-bond donors (Lipinski definition) is 4. The van der Waals surface area contributed by atoms with Crippen LogP contribution in [0, 0.1) is 10.1 Å². The van der Waals surface area contributed by atoms with Gasteiger partial charge in [0.15, 0.2) is 0 Å². The molecule has 4 N–H and O–H groups in total. The van der Waals surface area contributed by atoms with E-state index in [1.165, 1.54) is 18.2 Å². The van der Waals surface area contributed by atoms with Crippen molar-refractivity contribution < 1.29 is 24.7 Å². The van der Waals surface area contributed by atoms with E-state index < -0.39 is 23.0 Å². The Morgan fingerprint density at radius 3 is 2.67 bits per heavy atom. The zero-order valence-electron chi connectivity index (χ0n) is 11.0. The summed E-state index contributed by atoms with van der Waals surface area (Å²) in [6.07, 6.45) is -0.112. The van der Waals surface area contributed by atoms with Gasteiger partial charge >= 0.3 is 12.0 Å². The molecule has 1 atom stereocenters. The number of carbonyl (C=O) groups is 2. The van der Waals surface area contributed by atoms with Crippen molar-refractivity contribution in [3.05, 3.63) is 39.9 Å². The normalized spacial score (nSPS) is 11.5. The van der Waals surface area contributed by atoms with Gasteiger partial charge in [-0.3, -0.25) is 10.1 Å². The van der Waals surface area contributed by atoms with Gasteiger partial charge in [0.1, 0.15) is 6.04 Å². The molecule has 0 radical (unpaired) electrons. The lowest BCUT2D eigenvalue weighted by molar-refractivity contribution is -0.384. The fraction of sp³-hybridized carbons (Fsp3) is 0.333.